The summed E-state index contributed by atoms with van der Waals surface area (Å²) in [5.41, 5.74) is 6.39. The average molecular weight is 254 g/mol. The van der Waals surface area contributed by atoms with Crippen LogP contribution < -0.4 is 10.6 Å². The summed E-state index contributed by atoms with van der Waals surface area (Å²) >= 11 is 0. The first kappa shape index (κ1) is 14.9. The molecule has 1 rings (SSSR count). The van der Waals surface area contributed by atoms with Gasteiger partial charge in [0.15, 0.2) is 0 Å². The Labute approximate surface area is 108 Å². The van der Waals surface area contributed by atoms with Crippen LogP contribution in [0.4, 0.5) is 10.1 Å². The van der Waals surface area contributed by atoms with Gasteiger partial charge in [-0.25, -0.2) is 4.39 Å². The molecule has 1 unspecified atom stereocenters. The predicted molar refractivity (Wildman–Crippen MR) is 73.2 cm³/mol. The maximum atomic E-state index is 13.1. The number of aliphatic hydroxyl groups excluding tert-OH is 1. The Morgan fingerprint density at radius 2 is 2.17 bits per heavy atom. The smallest absolute Gasteiger partial charge is 0.125 e. The lowest BCUT2D eigenvalue weighted by Gasteiger charge is -2.27. The van der Waals surface area contributed by atoms with Gasteiger partial charge >= 0.3 is 0 Å². The lowest BCUT2D eigenvalue weighted by Crippen LogP contribution is -2.43. The van der Waals surface area contributed by atoms with E-state index in [1.54, 1.807) is 6.07 Å². The third kappa shape index (κ3) is 4.27. The Morgan fingerprint density at radius 3 is 2.72 bits per heavy atom. The minimum Gasteiger partial charge on any atom is -0.394 e. The number of rotatable bonds is 7. The van der Waals surface area contributed by atoms with E-state index in [1.165, 1.54) is 12.1 Å². The van der Waals surface area contributed by atoms with E-state index in [2.05, 4.69) is 0 Å². The van der Waals surface area contributed by atoms with Crippen LogP contribution in [0.1, 0.15) is 26.2 Å². The van der Waals surface area contributed by atoms with E-state index < -0.39 is 5.54 Å². The van der Waals surface area contributed by atoms with Crippen molar-refractivity contribution < 1.29 is 9.50 Å². The molecule has 18 heavy (non-hydrogen) atoms. The van der Waals surface area contributed by atoms with Gasteiger partial charge in [0.25, 0.3) is 0 Å². The monoisotopic (exact) mass is 254 g/mol. The fourth-order valence-electron chi connectivity index (χ4n) is 1.88. The van der Waals surface area contributed by atoms with Crippen molar-refractivity contribution in [3.8, 4) is 0 Å². The van der Waals surface area contributed by atoms with E-state index in [4.69, 9.17) is 5.73 Å². The Kier molecular flexibility index (Phi) is 5.56. The van der Waals surface area contributed by atoms with E-state index in [-0.39, 0.29) is 12.4 Å². The molecule has 0 bridgehead atoms. The Balaban J connectivity index is 2.44. The van der Waals surface area contributed by atoms with Gasteiger partial charge in [0.2, 0.25) is 0 Å². The topological polar surface area (TPSA) is 49.5 Å². The molecule has 1 aromatic rings. The molecule has 0 spiro atoms. The van der Waals surface area contributed by atoms with Gasteiger partial charge in [-0.1, -0.05) is 13.0 Å². The summed E-state index contributed by atoms with van der Waals surface area (Å²) in [6.07, 6.45) is 2.39. The minimum absolute atomic E-state index is 0.00712. The van der Waals surface area contributed by atoms with Crippen LogP contribution >= 0.6 is 0 Å². The van der Waals surface area contributed by atoms with Crippen LogP contribution in [0.2, 0.25) is 0 Å². The van der Waals surface area contributed by atoms with Crippen molar-refractivity contribution in [2.45, 2.75) is 31.7 Å². The highest BCUT2D eigenvalue weighted by atomic mass is 19.1. The summed E-state index contributed by atoms with van der Waals surface area (Å²) < 4.78 is 13.1. The van der Waals surface area contributed by atoms with Crippen molar-refractivity contribution in [1.29, 1.82) is 0 Å². The summed E-state index contributed by atoms with van der Waals surface area (Å²) in [6.45, 7) is 2.78. The molecule has 4 heteroatoms. The first-order chi connectivity index (χ1) is 8.50. The van der Waals surface area contributed by atoms with Crippen LogP contribution in [0, 0.1) is 5.82 Å². The lowest BCUT2D eigenvalue weighted by atomic mass is 9.92. The van der Waals surface area contributed by atoms with Crippen LogP contribution in [0.15, 0.2) is 24.3 Å². The Morgan fingerprint density at radius 1 is 1.44 bits per heavy atom. The van der Waals surface area contributed by atoms with E-state index in [1.807, 2.05) is 24.9 Å². The van der Waals surface area contributed by atoms with Gasteiger partial charge in [0.05, 0.1) is 6.61 Å². The summed E-state index contributed by atoms with van der Waals surface area (Å²) in [7, 11) is 1.93. The molecule has 0 aliphatic heterocycles. The third-order valence-corrected chi connectivity index (χ3v) is 3.44. The van der Waals surface area contributed by atoms with Crippen molar-refractivity contribution in [3.63, 3.8) is 0 Å². The quantitative estimate of drug-likeness (QED) is 0.784. The zero-order chi connectivity index (χ0) is 13.6. The molecule has 102 valence electrons. The number of nitrogens with two attached hydrogens (primary N) is 1. The Bertz CT molecular complexity index is 367. The van der Waals surface area contributed by atoms with Gasteiger partial charge in [-0.15, -0.1) is 0 Å². The molecule has 0 aliphatic carbocycles. The van der Waals surface area contributed by atoms with Crippen molar-refractivity contribution >= 4 is 5.69 Å². The van der Waals surface area contributed by atoms with Gasteiger partial charge in [-0.05, 0) is 37.5 Å². The zero-order valence-corrected chi connectivity index (χ0v) is 11.2. The van der Waals surface area contributed by atoms with Crippen molar-refractivity contribution in [2.24, 2.45) is 5.73 Å². The van der Waals surface area contributed by atoms with E-state index in [0.717, 1.165) is 31.5 Å². The third-order valence-electron chi connectivity index (χ3n) is 3.44. The highest BCUT2D eigenvalue weighted by molar-refractivity contribution is 5.45. The van der Waals surface area contributed by atoms with Crippen LogP contribution in [0.5, 0.6) is 0 Å². The predicted octanol–water partition coefficient (Wildman–Crippen LogP) is 2.14. The lowest BCUT2D eigenvalue weighted by molar-refractivity contribution is 0.181. The van der Waals surface area contributed by atoms with Crippen molar-refractivity contribution in [1.82, 2.24) is 0 Å². The molecular weight excluding hydrogens is 231 g/mol. The number of hydrogen-bond donors (Lipinski definition) is 2. The molecule has 0 aliphatic rings. The molecule has 1 aromatic carbocycles. The van der Waals surface area contributed by atoms with Gasteiger partial charge in [0, 0.05) is 24.8 Å². The fourth-order valence-corrected chi connectivity index (χ4v) is 1.88. The summed E-state index contributed by atoms with van der Waals surface area (Å²) in [6, 6.07) is 6.53. The number of benzene rings is 1. The molecule has 3 nitrogen and oxygen atoms in total. The number of aliphatic hydroxyl groups is 1. The molecule has 0 saturated carbocycles. The van der Waals surface area contributed by atoms with Crippen LogP contribution in [0.3, 0.4) is 0 Å². The van der Waals surface area contributed by atoms with Crippen molar-refractivity contribution in [2.75, 3.05) is 25.1 Å². The van der Waals surface area contributed by atoms with Crippen molar-refractivity contribution in [3.05, 3.63) is 30.1 Å². The molecule has 0 fully saturated rings. The molecular formula is C14H23FN2O. The van der Waals surface area contributed by atoms with Crippen LogP contribution in [0.25, 0.3) is 0 Å². The molecule has 0 heterocycles. The standard InChI is InChI=1S/C14H23FN2O/c1-3-14(16,11-18)8-5-9-17(2)13-7-4-6-12(15)10-13/h4,6-7,10,18H,3,5,8-9,11,16H2,1-2H3. The summed E-state index contributed by atoms with van der Waals surface area (Å²) in [5, 5.41) is 9.22. The van der Waals surface area contributed by atoms with Gasteiger partial charge in [-0.3, -0.25) is 0 Å². The van der Waals surface area contributed by atoms with Crippen LogP contribution in [-0.4, -0.2) is 30.8 Å². The van der Waals surface area contributed by atoms with E-state index >= 15 is 0 Å². The number of halogens is 1. The number of hydrogen-bond acceptors (Lipinski definition) is 3. The molecule has 0 radical (unpaired) electrons. The normalized spacial score (nSPS) is 14.3. The SMILES string of the molecule is CCC(N)(CO)CCCN(C)c1cccc(F)c1. The minimum atomic E-state index is -0.483. The largest absolute Gasteiger partial charge is 0.394 e. The average Bonchev–Trinajstić information content (AvgIpc) is 2.38. The van der Waals surface area contributed by atoms with Gasteiger partial charge in [-0.2, -0.15) is 0 Å². The molecule has 0 saturated heterocycles. The maximum Gasteiger partial charge on any atom is 0.125 e. The van der Waals surface area contributed by atoms with E-state index in [9.17, 15) is 9.50 Å². The first-order valence-corrected chi connectivity index (χ1v) is 6.37. The van der Waals surface area contributed by atoms with Crippen LogP contribution in [-0.2, 0) is 0 Å². The molecule has 3 N–H and O–H groups in total. The molecule has 0 amide bonds. The second-order valence-electron chi connectivity index (χ2n) is 4.88. The summed E-state index contributed by atoms with van der Waals surface area (Å²) in [4.78, 5) is 2.00. The fraction of sp³-hybridized carbons (Fsp3) is 0.571. The molecule has 1 atom stereocenters. The first-order valence-electron chi connectivity index (χ1n) is 6.37. The second kappa shape index (κ2) is 6.71. The molecule has 0 aromatic heterocycles. The zero-order valence-electron chi connectivity index (χ0n) is 11.2. The number of nitrogens with zero attached hydrogens (tertiary/aromatic N) is 1. The number of anilines is 1. The Hall–Kier alpha value is -1.13. The van der Waals surface area contributed by atoms with Gasteiger partial charge < -0.3 is 15.7 Å². The highest BCUT2D eigenvalue weighted by Crippen LogP contribution is 2.17. The van der Waals surface area contributed by atoms with Gasteiger partial charge in [0.1, 0.15) is 5.82 Å². The van der Waals surface area contributed by atoms with E-state index in [0.29, 0.717) is 0 Å². The maximum absolute atomic E-state index is 13.1. The second-order valence-corrected chi connectivity index (χ2v) is 4.88. The summed E-state index contributed by atoms with van der Waals surface area (Å²) in [5.74, 6) is -0.226. The highest BCUT2D eigenvalue weighted by Gasteiger charge is 2.20.